The molecular formula is C48H56N4O17. The molecule has 6 rings (SSSR count). The Morgan fingerprint density at radius 2 is 1.41 bits per heavy atom. The minimum atomic E-state index is -1.80. The Hall–Kier alpha value is -6.91. The number of ether oxygens (including phenoxy) is 9. The van der Waals surface area contributed by atoms with E-state index in [1.165, 1.54) is 24.9 Å². The number of rotatable bonds is 18. The van der Waals surface area contributed by atoms with E-state index in [2.05, 4.69) is 10.3 Å². The standard InChI is InChI=1S/C48H56N4O17/c1-28-21-52(46(60)50-44(28)59)40-22-51(39(58)24-64-45-41(49-29(2)54)43(67-32(5)57)42(66-31(4)56)38(68-45)23-63-30(3)55)25-47(26-53,69-40)27-65-48(33-11-9-8-10-12-33,34-13-17-36(61-6)18-14-34)35-15-19-37(62-7)20-16-35/h8-21,38,40-43,45,53H,22-27H2,1-7H3,(H,49,54)(H,50,59,60)/t38-,40-,41-,42+,43-,45-,47-/m1/s1. The van der Waals surface area contributed by atoms with E-state index in [0.717, 1.165) is 25.3 Å². The Kier molecular flexibility index (Phi) is 16.8. The van der Waals surface area contributed by atoms with Crippen molar-refractivity contribution in [3.05, 3.63) is 128 Å². The number of aliphatic hydroxyl groups is 1. The molecule has 1 aromatic heterocycles. The minimum Gasteiger partial charge on any atom is -0.497 e. The molecule has 2 aliphatic heterocycles. The van der Waals surface area contributed by atoms with Gasteiger partial charge in [-0.1, -0.05) is 54.6 Å². The molecular weight excluding hydrogens is 905 g/mol. The number of aromatic amines is 1. The molecule has 3 N–H and O–H groups in total. The molecule has 4 aromatic rings. The zero-order valence-electron chi connectivity index (χ0n) is 39.2. The van der Waals surface area contributed by atoms with Gasteiger partial charge in [0.2, 0.25) is 11.8 Å². The van der Waals surface area contributed by atoms with Crippen LogP contribution in [-0.2, 0) is 62.7 Å². The van der Waals surface area contributed by atoms with Gasteiger partial charge >= 0.3 is 23.6 Å². The van der Waals surface area contributed by atoms with E-state index in [4.69, 9.17) is 42.6 Å². The first-order valence-corrected chi connectivity index (χ1v) is 21.8. The first kappa shape index (κ1) is 51.5. The van der Waals surface area contributed by atoms with Crippen LogP contribution in [0, 0.1) is 6.92 Å². The molecule has 0 saturated carbocycles. The number of morpholine rings is 1. The van der Waals surface area contributed by atoms with Crippen molar-refractivity contribution in [2.45, 2.75) is 82.7 Å². The van der Waals surface area contributed by atoms with Gasteiger partial charge in [-0.15, -0.1) is 0 Å². The number of aliphatic hydroxyl groups excluding tert-OH is 1. The van der Waals surface area contributed by atoms with Gasteiger partial charge in [0.25, 0.3) is 5.56 Å². The van der Waals surface area contributed by atoms with E-state index in [0.29, 0.717) is 28.2 Å². The molecule has 3 heterocycles. The summed E-state index contributed by atoms with van der Waals surface area (Å²) in [6, 6.07) is 22.3. The fourth-order valence-electron chi connectivity index (χ4n) is 8.30. The Bertz CT molecular complexity index is 2520. The Balaban J connectivity index is 1.40. The van der Waals surface area contributed by atoms with Crippen LogP contribution in [0.2, 0.25) is 0 Å². The number of amides is 2. The normalized spacial score (nSPS) is 22.5. The Morgan fingerprint density at radius 1 is 0.826 bits per heavy atom. The molecule has 0 spiro atoms. The summed E-state index contributed by atoms with van der Waals surface area (Å²) in [7, 11) is 3.09. The second-order valence-corrected chi connectivity index (χ2v) is 16.5. The summed E-state index contributed by atoms with van der Waals surface area (Å²) in [4.78, 5) is 93.3. The number of H-pyrrole nitrogens is 1. The highest BCUT2D eigenvalue weighted by Gasteiger charge is 2.52. The molecule has 0 aliphatic carbocycles. The van der Waals surface area contributed by atoms with Crippen LogP contribution < -0.4 is 26.0 Å². The fourth-order valence-corrected chi connectivity index (χ4v) is 8.30. The average molecular weight is 961 g/mol. The van der Waals surface area contributed by atoms with Gasteiger partial charge in [0.15, 0.2) is 24.7 Å². The fraction of sp³-hybridized carbons (Fsp3) is 0.438. The van der Waals surface area contributed by atoms with Gasteiger partial charge in [0.1, 0.15) is 48.1 Å². The van der Waals surface area contributed by atoms with Crippen molar-refractivity contribution in [2.75, 3.05) is 53.7 Å². The summed E-state index contributed by atoms with van der Waals surface area (Å²) in [5, 5.41) is 14.0. The SMILES string of the molecule is COc1ccc(C(OC[C@]2(CO)CN(C(=O)CO[C@@H]3O[C@H](COC(C)=O)[C@H](OC(C)=O)[C@H](OC(C)=O)[C@H]3NC(C)=O)C[C@H](n3cc(C)c(=O)[nH]c3=O)O2)(c2ccccc2)c2ccc(OC)cc2)cc1. The van der Waals surface area contributed by atoms with Gasteiger partial charge in [-0.2, -0.15) is 0 Å². The number of methoxy groups -OCH3 is 2. The molecule has 21 heteroatoms. The van der Waals surface area contributed by atoms with Crippen LogP contribution in [0.15, 0.2) is 94.6 Å². The number of esters is 3. The lowest BCUT2D eigenvalue weighted by atomic mass is 9.79. The lowest BCUT2D eigenvalue weighted by Crippen LogP contribution is -2.67. The molecule has 2 amide bonds. The van der Waals surface area contributed by atoms with E-state index in [1.807, 2.05) is 54.6 Å². The summed E-state index contributed by atoms with van der Waals surface area (Å²) in [6.07, 6.45) is -5.86. The van der Waals surface area contributed by atoms with Crippen molar-refractivity contribution in [1.29, 1.82) is 0 Å². The van der Waals surface area contributed by atoms with Crippen LogP contribution in [-0.4, -0.2) is 139 Å². The maximum atomic E-state index is 14.6. The van der Waals surface area contributed by atoms with Crippen LogP contribution in [0.1, 0.15) is 56.2 Å². The predicted molar refractivity (Wildman–Crippen MR) is 241 cm³/mol. The summed E-state index contributed by atoms with van der Waals surface area (Å²) in [5.41, 5.74) is -2.63. The van der Waals surface area contributed by atoms with E-state index in [1.54, 1.807) is 38.5 Å². The highest BCUT2D eigenvalue weighted by molar-refractivity contribution is 5.78. The van der Waals surface area contributed by atoms with Crippen LogP contribution in [0.5, 0.6) is 11.5 Å². The molecule has 0 radical (unpaired) electrons. The highest BCUT2D eigenvalue weighted by Crippen LogP contribution is 2.43. The summed E-state index contributed by atoms with van der Waals surface area (Å²) in [5.74, 6) is -2.60. The highest BCUT2D eigenvalue weighted by atomic mass is 16.7. The molecule has 69 heavy (non-hydrogen) atoms. The van der Waals surface area contributed by atoms with E-state index in [9.17, 15) is 38.7 Å². The number of benzene rings is 3. The van der Waals surface area contributed by atoms with Gasteiger partial charge in [0, 0.05) is 39.5 Å². The van der Waals surface area contributed by atoms with Crippen molar-refractivity contribution in [2.24, 2.45) is 0 Å². The second-order valence-electron chi connectivity index (χ2n) is 16.5. The van der Waals surface area contributed by atoms with Crippen molar-refractivity contribution in [3.8, 4) is 11.5 Å². The van der Waals surface area contributed by atoms with Crippen LogP contribution in [0.3, 0.4) is 0 Å². The van der Waals surface area contributed by atoms with Gasteiger partial charge in [0.05, 0.1) is 40.5 Å². The Morgan fingerprint density at radius 3 is 1.94 bits per heavy atom. The third kappa shape index (κ3) is 12.0. The number of aryl methyl sites for hydroxylation is 1. The quantitative estimate of drug-likeness (QED) is 0.0727. The van der Waals surface area contributed by atoms with Gasteiger partial charge in [-0.05, 0) is 47.9 Å². The summed E-state index contributed by atoms with van der Waals surface area (Å²) in [6.45, 7) is 2.78. The van der Waals surface area contributed by atoms with Crippen molar-refractivity contribution in [1.82, 2.24) is 19.8 Å². The lowest BCUT2D eigenvalue weighted by Gasteiger charge is -2.47. The van der Waals surface area contributed by atoms with Gasteiger partial charge in [-0.3, -0.25) is 38.3 Å². The molecule has 2 saturated heterocycles. The maximum absolute atomic E-state index is 14.6. The molecule has 0 unspecified atom stereocenters. The molecule has 2 fully saturated rings. The van der Waals surface area contributed by atoms with Crippen LogP contribution >= 0.6 is 0 Å². The summed E-state index contributed by atoms with van der Waals surface area (Å²) >= 11 is 0. The first-order valence-electron chi connectivity index (χ1n) is 21.8. The zero-order valence-corrected chi connectivity index (χ0v) is 39.2. The zero-order chi connectivity index (χ0) is 50.0. The van der Waals surface area contributed by atoms with E-state index >= 15 is 0 Å². The third-order valence-corrected chi connectivity index (χ3v) is 11.5. The number of hydrogen-bond donors (Lipinski definition) is 3. The smallest absolute Gasteiger partial charge is 0.330 e. The minimum absolute atomic E-state index is 0.147. The number of carbonyl (C=O) groups is 5. The lowest BCUT2D eigenvalue weighted by molar-refractivity contribution is -0.278. The number of nitrogens with one attached hydrogen (secondary N) is 2. The maximum Gasteiger partial charge on any atom is 0.330 e. The van der Waals surface area contributed by atoms with Crippen molar-refractivity contribution < 1.29 is 71.7 Å². The molecule has 370 valence electrons. The van der Waals surface area contributed by atoms with E-state index in [-0.39, 0.29) is 18.7 Å². The van der Waals surface area contributed by atoms with Crippen LogP contribution in [0.25, 0.3) is 0 Å². The molecule has 7 atom stereocenters. The van der Waals surface area contributed by atoms with Crippen molar-refractivity contribution >= 4 is 29.7 Å². The summed E-state index contributed by atoms with van der Waals surface area (Å²) < 4.78 is 54.2. The first-order chi connectivity index (χ1) is 32.9. The topological polar surface area (TPSA) is 259 Å². The molecule has 2 aliphatic rings. The van der Waals surface area contributed by atoms with Crippen LogP contribution in [0.4, 0.5) is 0 Å². The monoisotopic (exact) mass is 960 g/mol. The molecule has 21 nitrogen and oxygen atoms in total. The Labute approximate surface area is 396 Å². The predicted octanol–water partition coefficient (Wildman–Crippen LogP) is 1.63. The van der Waals surface area contributed by atoms with E-state index < -0.39 is 115 Å². The van der Waals surface area contributed by atoms with Gasteiger partial charge < -0.3 is 58.0 Å². The largest absolute Gasteiger partial charge is 0.497 e. The molecule has 3 aromatic carbocycles. The number of carbonyl (C=O) groups excluding carboxylic acids is 5. The second kappa shape index (κ2) is 22.5. The van der Waals surface area contributed by atoms with Crippen molar-refractivity contribution in [3.63, 3.8) is 0 Å². The number of aromatic nitrogens is 2. The van der Waals surface area contributed by atoms with Gasteiger partial charge in [-0.25, -0.2) is 4.79 Å². The third-order valence-electron chi connectivity index (χ3n) is 11.5. The average Bonchev–Trinajstić information content (AvgIpc) is 3.33. The number of nitrogens with zero attached hydrogens (tertiary/aromatic N) is 2. The number of hydrogen-bond acceptors (Lipinski definition) is 17. The molecule has 0 bridgehead atoms.